The van der Waals surface area contributed by atoms with Crippen molar-refractivity contribution in [2.75, 3.05) is 13.7 Å². The Bertz CT molecular complexity index is 921. The molecule has 9 nitrogen and oxygen atoms in total. The predicted molar refractivity (Wildman–Crippen MR) is 128 cm³/mol. The summed E-state index contributed by atoms with van der Waals surface area (Å²) in [4.78, 5) is 49.2. The molecule has 2 fully saturated rings. The second kappa shape index (κ2) is 9.98. The lowest BCUT2D eigenvalue weighted by atomic mass is 9.80. The molecule has 1 aromatic heterocycles. The second-order valence-corrected chi connectivity index (χ2v) is 11.5. The van der Waals surface area contributed by atoms with Crippen LogP contribution in [-0.4, -0.2) is 70.0 Å². The maximum atomic E-state index is 13.3. The van der Waals surface area contributed by atoms with Gasteiger partial charge in [-0.25, -0.2) is 9.97 Å². The molecule has 0 aromatic carbocycles. The van der Waals surface area contributed by atoms with Crippen molar-refractivity contribution >= 4 is 17.8 Å². The number of likely N-dealkylation sites (tertiary alicyclic amines) is 1. The smallest absolute Gasteiger partial charge is 0.310 e. The molecule has 2 amide bonds. The molecule has 0 bridgehead atoms. The highest BCUT2D eigenvalue weighted by Crippen LogP contribution is 2.33. The molecule has 2 heterocycles. The van der Waals surface area contributed by atoms with Crippen LogP contribution in [0.2, 0.25) is 0 Å². The topological polar surface area (TPSA) is 114 Å². The molecule has 1 saturated heterocycles. The first-order chi connectivity index (χ1) is 15.8. The number of rotatable bonds is 5. The largest absolute Gasteiger partial charge is 0.469 e. The third-order valence-corrected chi connectivity index (χ3v) is 6.46. The quantitative estimate of drug-likeness (QED) is 0.630. The SMILES string of the molecule is COC(=O)[C@@H]1C[C@H](NC(C)(C)C)CC[C@@H]1N1CC[C@H](NC(=O)c2ccnc(C(C)(C)C)n2)C1=O. The van der Waals surface area contributed by atoms with E-state index in [2.05, 4.69) is 41.4 Å². The van der Waals surface area contributed by atoms with Gasteiger partial charge in [0.2, 0.25) is 5.91 Å². The van der Waals surface area contributed by atoms with Gasteiger partial charge >= 0.3 is 5.97 Å². The van der Waals surface area contributed by atoms with Crippen molar-refractivity contribution in [3.8, 4) is 0 Å². The van der Waals surface area contributed by atoms with Crippen LogP contribution < -0.4 is 10.6 Å². The lowest BCUT2D eigenvalue weighted by molar-refractivity contribution is -0.151. The predicted octanol–water partition coefficient (Wildman–Crippen LogP) is 2.20. The minimum absolute atomic E-state index is 0.0646. The van der Waals surface area contributed by atoms with Gasteiger partial charge in [-0.15, -0.1) is 0 Å². The standard InChI is InChI=1S/C25H39N5O4/c1-24(2,3)23-26-12-10-17(28-23)20(31)27-18-11-13-30(21(18)32)19-9-8-15(29-25(4,5)6)14-16(19)22(33)34-7/h10,12,15-16,18-19,29H,8-9,11,13-14H2,1-7H3,(H,27,31)/t15-,16-,18+,19+/m1/s1. The molecular weight excluding hydrogens is 434 g/mol. The van der Waals surface area contributed by atoms with E-state index >= 15 is 0 Å². The molecule has 1 aliphatic heterocycles. The van der Waals surface area contributed by atoms with Crippen molar-refractivity contribution in [3.63, 3.8) is 0 Å². The number of hydrogen-bond donors (Lipinski definition) is 2. The summed E-state index contributed by atoms with van der Waals surface area (Å²) < 4.78 is 5.09. The number of hydrogen-bond acceptors (Lipinski definition) is 7. The van der Waals surface area contributed by atoms with E-state index in [0.29, 0.717) is 31.6 Å². The Labute approximate surface area is 202 Å². The number of methoxy groups -OCH3 is 1. The van der Waals surface area contributed by atoms with Gasteiger partial charge in [0, 0.05) is 35.8 Å². The lowest BCUT2D eigenvalue weighted by Gasteiger charge is -2.41. The van der Waals surface area contributed by atoms with E-state index in [4.69, 9.17) is 4.74 Å². The zero-order chi connectivity index (χ0) is 25.3. The highest BCUT2D eigenvalue weighted by molar-refractivity contribution is 5.96. The van der Waals surface area contributed by atoms with Crippen molar-refractivity contribution in [2.45, 2.75) is 96.3 Å². The fraction of sp³-hybridized carbons (Fsp3) is 0.720. The van der Waals surface area contributed by atoms with Crippen molar-refractivity contribution < 1.29 is 19.1 Å². The Morgan fingerprint density at radius 1 is 1.12 bits per heavy atom. The lowest BCUT2D eigenvalue weighted by Crippen LogP contribution is -2.55. The number of carbonyl (C=O) groups is 3. The Morgan fingerprint density at radius 3 is 2.44 bits per heavy atom. The summed E-state index contributed by atoms with van der Waals surface area (Å²) in [6.45, 7) is 12.7. The van der Waals surface area contributed by atoms with Crippen LogP contribution in [0.25, 0.3) is 0 Å². The van der Waals surface area contributed by atoms with Crippen molar-refractivity contribution in [1.82, 2.24) is 25.5 Å². The number of nitrogens with zero attached hydrogens (tertiary/aromatic N) is 3. The number of nitrogens with one attached hydrogen (secondary N) is 2. The van der Waals surface area contributed by atoms with Gasteiger partial charge < -0.3 is 20.3 Å². The molecule has 1 aliphatic carbocycles. The molecule has 3 rings (SSSR count). The van der Waals surface area contributed by atoms with E-state index in [1.54, 1.807) is 17.2 Å². The summed E-state index contributed by atoms with van der Waals surface area (Å²) >= 11 is 0. The first-order valence-electron chi connectivity index (χ1n) is 12.1. The van der Waals surface area contributed by atoms with Crippen LogP contribution >= 0.6 is 0 Å². The van der Waals surface area contributed by atoms with Crippen LogP contribution in [0.5, 0.6) is 0 Å². The van der Waals surface area contributed by atoms with Crippen LogP contribution in [0.4, 0.5) is 0 Å². The van der Waals surface area contributed by atoms with Gasteiger partial charge in [0.05, 0.1) is 13.0 Å². The minimum atomic E-state index is -0.635. The molecule has 9 heteroatoms. The second-order valence-electron chi connectivity index (χ2n) is 11.5. The van der Waals surface area contributed by atoms with Crippen molar-refractivity contribution in [1.29, 1.82) is 0 Å². The van der Waals surface area contributed by atoms with E-state index < -0.39 is 17.9 Å². The molecule has 2 N–H and O–H groups in total. The van der Waals surface area contributed by atoms with Gasteiger partial charge in [-0.2, -0.15) is 0 Å². The molecule has 0 unspecified atom stereocenters. The number of carbonyl (C=O) groups excluding carboxylic acids is 3. The van der Waals surface area contributed by atoms with Gasteiger partial charge in [-0.3, -0.25) is 14.4 Å². The Kier molecular flexibility index (Phi) is 7.65. The first-order valence-corrected chi connectivity index (χ1v) is 12.1. The van der Waals surface area contributed by atoms with Crippen molar-refractivity contribution in [3.05, 3.63) is 23.8 Å². The van der Waals surface area contributed by atoms with Crippen LogP contribution in [0.1, 0.15) is 83.5 Å². The van der Waals surface area contributed by atoms with E-state index in [0.717, 1.165) is 6.42 Å². The molecule has 34 heavy (non-hydrogen) atoms. The van der Waals surface area contributed by atoms with Gasteiger partial charge in [-0.05, 0) is 52.5 Å². The van der Waals surface area contributed by atoms with E-state index in [9.17, 15) is 14.4 Å². The molecule has 4 atom stereocenters. The zero-order valence-electron chi connectivity index (χ0n) is 21.5. The minimum Gasteiger partial charge on any atom is -0.469 e. The summed E-state index contributed by atoms with van der Waals surface area (Å²) in [5.74, 6) is -0.661. The van der Waals surface area contributed by atoms with Crippen LogP contribution in [0, 0.1) is 5.92 Å². The number of aromatic nitrogens is 2. The van der Waals surface area contributed by atoms with E-state index in [1.165, 1.54) is 7.11 Å². The summed E-state index contributed by atoms with van der Waals surface area (Å²) in [7, 11) is 1.39. The van der Waals surface area contributed by atoms with Gasteiger partial charge in [0.15, 0.2) is 0 Å². The average Bonchev–Trinajstić information content (AvgIpc) is 3.11. The van der Waals surface area contributed by atoms with E-state index in [1.807, 2.05) is 20.8 Å². The monoisotopic (exact) mass is 473 g/mol. The summed E-state index contributed by atoms with van der Waals surface area (Å²) in [6, 6.07) is 0.873. The Morgan fingerprint density at radius 2 is 1.82 bits per heavy atom. The number of esters is 1. The highest BCUT2D eigenvalue weighted by Gasteiger charge is 2.45. The molecule has 0 radical (unpaired) electrons. The average molecular weight is 474 g/mol. The third-order valence-electron chi connectivity index (χ3n) is 6.46. The van der Waals surface area contributed by atoms with E-state index in [-0.39, 0.29) is 40.6 Å². The van der Waals surface area contributed by atoms with Gasteiger partial charge in [-0.1, -0.05) is 20.8 Å². The van der Waals surface area contributed by atoms with Gasteiger partial charge in [0.25, 0.3) is 5.91 Å². The summed E-state index contributed by atoms with van der Waals surface area (Å²) in [5, 5.41) is 6.42. The van der Waals surface area contributed by atoms with Crippen molar-refractivity contribution in [2.24, 2.45) is 5.92 Å². The van der Waals surface area contributed by atoms with Crippen LogP contribution in [0.3, 0.4) is 0 Å². The molecule has 1 aromatic rings. The number of amides is 2. The summed E-state index contributed by atoms with van der Waals surface area (Å²) in [5.41, 5.74) is -0.113. The Hall–Kier alpha value is -2.55. The molecule has 2 aliphatic rings. The fourth-order valence-corrected chi connectivity index (χ4v) is 4.92. The molecule has 0 spiro atoms. The molecule has 188 valence electrons. The number of ether oxygens (including phenoxy) is 1. The fourth-order valence-electron chi connectivity index (χ4n) is 4.92. The third kappa shape index (κ3) is 6.11. The molecule has 1 saturated carbocycles. The summed E-state index contributed by atoms with van der Waals surface area (Å²) in [6.07, 6.45) is 4.26. The van der Waals surface area contributed by atoms with Gasteiger partial charge in [0.1, 0.15) is 17.6 Å². The first kappa shape index (κ1) is 26.1. The normalized spacial score (nSPS) is 25.9. The van der Waals surface area contributed by atoms with Crippen LogP contribution in [0.15, 0.2) is 12.3 Å². The zero-order valence-corrected chi connectivity index (χ0v) is 21.5. The maximum absolute atomic E-state index is 13.3. The van der Waals surface area contributed by atoms with Crippen LogP contribution in [-0.2, 0) is 19.7 Å². The highest BCUT2D eigenvalue weighted by atomic mass is 16.5. The maximum Gasteiger partial charge on any atom is 0.310 e. The molecular formula is C25H39N5O4. The Balaban J connectivity index is 1.69.